The Kier molecular flexibility index (Phi) is 8.69. The maximum Gasteiger partial charge on any atom is 0.262 e. The molecule has 35 heavy (non-hydrogen) atoms. The molecule has 0 aliphatic rings. The third kappa shape index (κ3) is 6.74. The number of benzene rings is 3. The predicted octanol–water partition coefficient (Wildman–Crippen LogP) is 6.37. The molecule has 3 aromatic rings. The average molecular weight is 469 g/mol. The molecule has 0 saturated carbocycles. The zero-order valence-electron chi connectivity index (χ0n) is 21.0. The Balaban J connectivity index is 1.79. The van der Waals surface area contributed by atoms with E-state index in [2.05, 4.69) is 38.2 Å². The Morgan fingerprint density at radius 2 is 1.69 bits per heavy atom. The van der Waals surface area contributed by atoms with Crippen molar-refractivity contribution in [2.75, 3.05) is 6.61 Å². The van der Waals surface area contributed by atoms with Crippen molar-refractivity contribution in [3.05, 3.63) is 99.6 Å². The van der Waals surface area contributed by atoms with E-state index in [1.54, 1.807) is 12.1 Å². The Labute approximate surface area is 208 Å². The van der Waals surface area contributed by atoms with Crippen LogP contribution in [0.2, 0.25) is 0 Å². The van der Waals surface area contributed by atoms with Gasteiger partial charge in [0.05, 0.1) is 12.6 Å². The van der Waals surface area contributed by atoms with E-state index < -0.39 is 5.91 Å². The van der Waals surface area contributed by atoms with Gasteiger partial charge >= 0.3 is 0 Å². The first-order chi connectivity index (χ1) is 16.8. The van der Waals surface area contributed by atoms with Gasteiger partial charge in [-0.05, 0) is 80.6 Å². The summed E-state index contributed by atoms with van der Waals surface area (Å²) in [6.45, 7) is 10.9. The number of rotatable bonds is 9. The number of nitrogens with one attached hydrogen (secondary N) is 1. The van der Waals surface area contributed by atoms with Crippen molar-refractivity contribution in [3.8, 4) is 17.6 Å². The molecule has 0 unspecified atom stereocenters. The average Bonchev–Trinajstić information content (AvgIpc) is 2.83. The summed E-state index contributed by atoms with van der Waals surface area (Å²) >= 11 is 0. The van der Waals surface area contributed by atoms with E-state index in [1.165, 1.54) is 16.7 Å². The third-order valence-corrected chi connectivity index (χ3v) is 5.80. The van der Waals surface area contributed by atoms with Gasteiger partial charge < -0.3 is 14.8 Å². The number of carbonyl (C=O) groups excluding carboxylic acids is 1. The fourth-order valence-corrected chi connectivity index (χ4v) is 4.00. The monoisotopic (exact) mass is 468 g/mol. The fourth-order valence-electron chi connectivity index (χ4n) is 4.00. The van der Waals surface area contributed by atoms with E-state index in [9.17, 15) is 10.1 Å². The van der Waals surface area contributed by atoms with Gasteiger partial charge in [-0.2, -0.15) is 5.26 Å². The molecule has 0 aromatic heterocycles. The predicted molar refractivity (Wildman–Crippen MR) is 139 cm³/mol. The number of amides is 1. The molecule has 0 radical (unpaired) electrons. The maximum atomic E-state index is 12.7. The fraction of sp³-hybridized carbons (Fsp3) is 0.267. The number of carbonyl (C=O) groups is 1. The number of ether oxygens (including phenoxy) is 2. The quantitative estimate of drug-likeness (QED) is 0.292. The van der Waals surface area contributed by atoms with E-state index in [0.717, 1.165) is 11.1 Å². The summed E-state index contributed by atoms with van der Waals surface area (Å²) in [6.07, 6.45) is 1.56. The molecule has 1 amide bonds. The number of nitriles is 1. The zero-order chi connectivity index (χ0) is 25.4. The summed E-state index contributed by atoms with van der Waals surface area (Å²) in [5.41, 5.74) is 6.43. The maximum absolute atomic E-state index is 12.7. The van der Waals surface area contributed by atoms with Crippen molar-refractivity contribution in [3.63, 3.8) is 0 Å². The van der Waals surface area contributed by atoms with Crippen LogP contribution in [0, 0.1) is 32.1 Å². The van der Waals surface area contributed by atoms with Crippen LogP contribution in [0.15, 0.2) is 66.2 Å². The van der Waals surface area contributed by atoms with Crippen LogP contribution in [0.4, 0.5) is 0 Å². The first-order valence-corrected chi connectivity index (χ1v) is 11.8. The van der Waals surface area contributed by atoms with Crippen LogP contribution in [-0.4, -0.2) is 12.5 Å². The number of aryl methyl sites for hydroxylation is 3. The summed E-state index contributed by atoms with van der Waals surface area (Å²) in [7, 11) is 0. The molecule has 0 heterocycles. The van der Waals surface area contributed by atoms with Crippen LogP contribution in [0.3, 0.4) is 0 Å². The van der Waals surface area contributed by atoms with Gasteiger partial charge in [0.25, 0.3) is 5.91 Å². The minimum atomic E-state index is -0.424. The first kappa shape index (κ1) is 25.6. The van der Waals surface area contributed by atoms with Crippen molar-refractivity contribution < 1.29 is 14.3 Å². The summed E-state index contributed by atoms with van der Waals surface area (Å²) in [5, 5.41) is 12.5. The van der Waals surface area contributed by atoms with Crippen LogP contribution in [0.5, 0.6) is 11.5 Å². The summed E-state index contributed by atoms with van der Waals surface area (Å²) in [4.78, 5) is 12.7. The summed E-state index contributed by atoms with van der Waals surface area (Å²) in [6, 6.07) is 21.1. The van der Waals surface area contributed by atoms with Crippen molar-refractivity contribution in [1.29, 1.82) is 5.26 Å². The molecule has 5 heteroatoms. The Morgan fingerprint density at radius 3 is 2.31 bits per heavy atom. The van der Waals surface area contributed by atoms with Crippen LogP contribution < -0.4 is 14.8 Å². The van der Waals surface area contributed by atoms with E-state index in [-0.39, 0.29) is 11.6 Å². The third-order valence-electron chi connectivity index (χ3n) is 5.80. The molecular weight excluding hydrogens is 436 g/mol. The van der Waals surface area contributed by atoms with E-state index >= 15 is 0 Å². The molecule has 1 atom stereocenters. The second-order valence-corrected chi connectivity index (χ2v) is 8.58. The minimum Gasteiger partial charge on any atom is -0.490 e. The second kappa shape index (κ2) is 11.9. The highest BCUT2D eigenvalue weighted by Crippen LogP contribution is 2.31. The molecule has 180 valence electrons. The standard InChI is InChI=1S/C30H32N2O3/c1-6-34-29-17-24(12-13-28(29)35-19-27-21(3)14-20(2)15-22(27)4)16-26(18-31)30(33)32-23(5)25-10-8-7-9-11-25/h7-17,23H,6,19H2,1-5H3,(H,32,33)/b26-16+/t23-/m1/s1. The molecule has 0 aliphatic heterocycles. The lowest BCUT2D eigenvalue weighted by Crippen LogP contribution is -2.27. The normalized spacial score (nSPS) is 11.9. The van der Waals surface area contributed by atoms with Crippen LogP contribution in [0.25, 0.3) is 6.08 Å². The molecular formula is C30H32N2O3. The topological polar surface area (TPSA) is 71.3 Å². The van der Waals surface area contributed by atoms with Gasteiger partial charge in [0.1, 0.15) is 18.2 Å². The van der Waals surface area contributed by atoms with Gasteiger partial charge in [0.15, 0.2) is 11.5 Å². The lowest BCUT2D eigenvalue weighted by atomic mass is 10.0. The Hall–Kier alpha value is -4.04. The van der Waals surface area contributed by atoms with Crippen molar-refractivity contribution >= 4 is 12.0 Å². The molecule has 3 rings (SSSR count). The highest BCUT2D eigenvalue weighted by molar-refractivity contribution is 6.01. The van der Waals surface area contributed by atoms with E-state index in [4.69, 9.17) is 9.47 Å². The lowest BCUT2D eigenvalue weighted by molar-refractivity contribution is -0.117. The molecule has 0 bridgehead atoms. The van der Waals surface area contributed by atoms with Crippen LogP contribution in [-0.2, 0) is 11.4 Å². The zero-order valence-corrected chi connectivity index (χ0v) is 21.0. The largest absolute Gasteiger partial charge is 0.490 e. The molecule has 0 spiro atoms. The smallest absolute Gasteiger partial charge is 0.262 e. The number of hydrogen-bond donors (Lipinski definition) is 1. The first-order valence-electron chi connectivity index (χ1n) is 11.8. The molecule has 0 aliphatic carbocycles. The number of nitrogens with zero attached hydrogens (tertiary/aromatic N) is 1. The van der Waals surface area contributed by atoms with Crippen LogP contribution in [0.1, 0.15) is 53.3 Å². The highest BCUT2D eigenvalue weighted by Gasteiger charge is 2.15. The number of hydrogen-bond acceptors (Lipinski definition) is 4. The van der Waals surface area contributed by atoms with Gasteiger partial charge in [0.2, 0.25) is 0 Å². The van der Waals surface area contributed by atoms with Gasteiger partial charge in [-0.25, -0.2) is 0 Å². The summed E-state index contributed by atoms with van der Waals surface area (Å²) < 4.78 is 11.9. The minimum absolute atomic E-state index is 0.0230. The lowest BCUT2D eigenvalue weighted by Gasteiger charge is -2.16. The second-order valence-electron chi connectivity index (χ2n) is 8.58. The van der Waals surface area contributed by atoms with Gasteiger partial charge in [-0.3, -0.25) is 4.79 Å². The molecule has 1 N–H and O–H groups in total. The molecule has 0 fully saturated rings. The van der Waals surface area contributed by atoms with Gasteiger partial charge in [-0.15, -0.1) is 0 Å². The highest BCUT2D eigenvalue weighted by atomic mass is 16.5. The van der Waals surface area contributed by atoms with Gasteiger partial charge in [-0.1, -0.05) is 54.1 Å². The van der Waals surface area contributed by atoms with E-state index in [0.29, 0.717) is 30.3 Å². The van der Waals surface area contributed by atoms with E-state index in [1.807, 2.05) is 62.4 Å². The SMILES string of the molecule is CCOc1cc(/C=C(\C#N)C(=O)N[C@H](C)c2ccccc2)ccc1OCc1c(C)cc(C)cc1C. The van der Waals surface area contributed by atoms with Crippen LogP contribution >= 0.6 is 0 Å². The molecule has 3 aromatic carbocycles. The molecule has 5 nitrogen and oxygen atoms in total. The van der Waals surface area contributed by atoms with Crippen molar-refractivity contribution in [1.82, 2.24) is 5.32 Å². The molecule has 0 saturated heterocycles. The van der Waals surface area contributed by atoms with Gasteiger partial charge in [0, 0.05) is 0 Å². The summed E-state index contributed by atoms with van der Waals surface area (Å²) in [5.74, 6) is 0.760. The Morgan fingerprint density at radius 1 is 1.00 bits per heavy atom. The van der Waals surface area contributed by atoms with Crippen molar-refractivity contribution in [2.45, 2.75) is 47.3 Å². The Bertz CT molecular complexity index is 1230. The van der Waals surface area contributed by atoms with Crippen molar-refractivity contribution in [2.24, 2.45) is 0 Å².